The molecule has 94 valence electrons. The average Bonchev–Trinajstić information content (AvgIpc) is 2.34. The highest BCUT2D eigenvalue weighted by atomic mass is 19.1. The first-order valence-corrected chi connectivity index (χ1v) is 5.62. The Morgan fingerprint density at radius 1 is 1.47 bits per heavy atom. The lowest BCUT2D eigenvalue weighted by atomic mass is 10.2. The first-order valence-electron chi connectivity index (χ1n) is 5.62. The van der Waals surface area contributed by atoms with E-state index in [0.29, 0.717) is 6.54 Å². The summed E-state index contributed by atoms with van der Waals surface area (Å²) in [5.74, 6) is -0.936. The number of aromatic nitrogens is 1. The topological polar surface area (TPSA) is 53.4 Å². The van der Waals surface area contributed by atoms with Gasteiger partial charge >= 0.3 is 0 Å². The molecule has 1 heterocycles. The fourth-order valence-electron chi connectivity index (χ4n) is 1.49. The number of rotatable bonds is 6. The third kappa shape index (κ3) is 4.11. The molecule has 1 N–H and O–H groups in total. The summed E-state index contributed by atoms with van der Waals surface area (Å²) >= 11 is 0. The molecule has 1 aromatic rings. The van der Waals surface area contributed by atoms with Gasteiger partial charge in [0.15, 0.2) is 5.82 Å². The van der Waals surface area contributed by atoms with Crippen LogP contribution in [-0.4, -0.2) is 41.1 Å². The maximum atomic E-state index is 13.3. The lowest BCUT2D eigenvalue weighted by molar-refractivity contribution is 0.0787. The zero-order valence-corrected chi connectivity index (χ0v) is 9.90. The molecule has 0 spiro atoms. The summed E-state index contributed by atoms with van der Waals surface area (Å²) in [6.07, 6.45) is 4.82. The number of unbranched alkanes of at least 4 members (excludes halogenated alkanes) is 2. The van der Waals surface area contributed by atoms with Crippen molar-refractivity contribution in [2.24, 2.45) is 0 Å². The monoisotopic (exact) mass is 240 g/mol. The van der Waals surface area contributed by atoms with Crippen LogP contribution in [0.1, 0.15) is 29.6 Å². The average molecular weight is 240 g/mol. The Kier molecular flexibility index (Phi) is 5.56. The van der Waals surface area contributed by atoms with Gasteiger partial charge in [-0.1, -0.05) is 0 Å². The van der Waals surface area contributed by atoms with Gasteiger partial charge in [0.2, 0.25) is 0 Å². The number of carbonyl (C=O) groups excluding carboxylic acids is 1. The molecule has 1 aromatic heterocycles. The maximum absolute atomic E-state index is 13.3. The van der Waals surface area contributed by atoms with E-state index in [-0.39, 0.29) is 18.1 Å². The molecule has 0 unspecified atom stereocenters. The van der Waals surface area contributed by atoms with Crippen molar-refractivity contribution in [3.63, 3.8) is 0 Å². The van der Waals surface area contributed by atoms with E-state index in [2.05, 4.69) is 4.98 Å². The molecule has 0 saturated carbocycles. The number of carbonyl (C=O) groups is 1. The van der Waals surface area contributed by atoms with Gasteiger partial charge in [0.1, 0.15) is 0 Å². The second kappa shape index (κ2) is 6.96. The lowest BCUT2D eigenvalue weighted by Gasteiger charge is -2.17. The van der Waals surface area contributed by atoms with Crippen molar-refractivity contribution in [1.29, 1.82) is 0 Å². The molecular weight excluding hydrogens is 223 g/mol. The number of hydrogen-bond acceptors (Lipinski definition) is 3. The summed E-state index contributed by atoms with van der Waals surface area (Å²) in [4.78, 5) is 16.9. The molecule has 0 aliphatic carbocycles. The van der Waals surface area contributed by atoms with Crippen LogP contribution in [0, 0.1) is 5.82 Å². The largest absolute Gasteiger partial charge is 0.396 e. The third-order valence-electron chi connectivity index (χ3n) is 2.50. The van der Waals surface area contributed by atoms with Crippen LogP contribution < -0.4 is 0 Å². The van der Waals surface area contributed by atoms with Gasteiger partial charge in [-0.3, -0.25) is 9.78 Å². The summed E-state index contributed by atoms with van der Waals surface area (Å²) in [5.41, 5.74) is 0.0460. The van der Waals surface area contributed by atoms with Crippen LogP contribution in [0.25, 0.3) is 0 Å². The first-order chi connectivity index (χ1) is 8.16. The zero-order chi connectivity index (χ0) is 12.7. The van der Waals surface area contributed by atoms with E-state index >= 15 is 0 Å². The van der Waals surface area contributed by atoms with E-state index in [1.54, 1.807) is 7.05 Å². The van der Waals surface area contributed by atoms with Gasteiger partial charge in [0, 0.05) is 26.4 Å². The van der Waals surface area contributed by atoms with E-state index in [4.69, 9.17) is 5.11 Å². The molecular formula is C12H17FN2O2. The van der Waals surface area contributed by atoms with Crippen LogP contribution >= 0.6 is 0 Å². The van der Waals surface area contributed by atoms with Crippen molar-refractivity contribution in [2.75, 3.05) is 20.2 Å². The Morgan fingerprint density at radius 2 is 2.24 bits per heavy atom. The van der Waals surface area contributed by atoms with Gasteiger partial charge < -0.3 is 10.0 Å². The van der Waals surface area contributed by atoms with Crippen molar-refractivity contribution >= 4 is 5.91 Å². The molecule has 0 aliphatic heterocycles. The minimum atomic E-state index is -0.597. The van der Waals surface area contributed by atoms with E-state index in [1.165, 1.54) is 17.2 Å². The van der Waals surface area contributed by atoms with E-state index in [1.807, 2.05) is 0 Å². The molecule has 4 nitrogen and oxygen atoms in total. The van der Waals surface area contributed by atoms with Gasteiger partial charge in [0.25, 0.3) is 5.91 Å². The number of halogens is 1. The van der Waals surface area contributed by atoms with Gasteiger partial charge in [0.05, 0.1) is 11.8 Å². The molecule has 17 heavy (non-hydrogen) atoms. The predicted molar refractivity (Wildman–Crippen MR) is 62.1 cm³/mol. The van der Waals surface area contributed by atoms with E-state index < -0.39 is 5.82 Å². The molecule has 0 atom stereocenters. The van der Waals surface area contributed by atoms with Crippen molar-refractivity contribution in [3.05, 3.63) is 29.8 Å². The summed E-state index contributed by atoms with van der Waals surface area (Å²) in [6, 6.07) is 1.38. The molecule has 1 amide bonds. The molecule has 0 radical (unpaired) electrons. The SMILES string of the molecule is CN(CCCCCO)C(=O)c1ccncc1F. The highest BCUT2D eigenvalue weighted by Crippen LogP contribution is 2.08. The predicted octanol–water partition coefficient (Wildman–Crippen LogP) is 1.46. The van der Waals surface area contributed by atoms with Crippen LogP contribution in [0.15, 0.2) is 18.5 Å². The van der Waals surface area contributed by atoms with E-state index in [0.717, 1.165) is 25.5 Å². The second-order valence-corrected chi connectivity index (χ2v) is 3.87. The van der Waals surface area contributed by atoms with Crippen molar-refractivity contribution in [2.45, 2.75) is 19.3 Å². The third-order valence-corrected chi connectivity index (χ3v) is 2.50. The lowest BCUT2D eigenvalue weighted by Crippen LogP contribution is -2.28. The molecule has 0 bridgehead atoms. The van der Waals surface area contributed by atoms with Crippen LogP contribution in [0.4, 0.5) is 4.39 Å². The summed E-state index contributed by atoms with van der Waals surface area (Å²) in [6.45, 7) is 0.719. The fraction of sp³-hybridized carbons (Fsp3) is 0.500. The van der Waals surface area contributed by atoms with Crippen LogP contribution in [0.5, 0.6) is 0 Å². The Bertz CT molecular complexity index is 371. The molecule has 0 aromatic carbocycles. The minimum absolute atomic E-state index is 0.0460. The highest BCUT2D eigenvalue weighted by Gasteiger charge is 2.15. The van der Waals surface area contributed by atoms with Crippen molar-refractivity contribution in [1.82, 2.24) is 9.88 Å². The second-order valence-electron chi connectivity index (χ2n) is 3.87. The Labute approximate surface area is 100 Å². The molecule has 5 heteroatoms. The van der Waals surface area contributed by atoms with E-state index in [9.17, 15) is 9.18 Å². The van der Waals surface area contributed by atoms with Gasteiger partial charge in [-0.2, -0.15) is 0 Å². The van der Waals surface area contributed by atoms with Crippen LogP contribution in [-0.2, 0) is 0 Å². The van der Waals surface area contributed by atoms with Crippen molar-refractivity contribution < 1.29 is 14.3 Å². The van der Waals surface area contributed by atoms with Gasteiger partial charge in [-0.05, 0) is 25.3 Å². The molecule has 1 rings (SSSR count). The van der Waals surface area contributed by atoms with Crippen LogP contribution in [0.3, 0.4) is 0 Å². The zero-order valence-electron chi connectivity index (χ0n) is 9.90. The Balaban J connectivity index is 2.49. The summed E-state index contributed by atoms with van der Waals surface area (Å²) in [7, 11) is 1.64. The van der Waals surface area contributed by atoms with Crippen LogP contribution in [0.2, 0.25) is 0 Å². The first kappa shape index (κ1) is 13.6. The number of aliphatic hydroxyl groups excluding tert-OH is 1. The fourth-order valence-corrected chi connectivity index (χ4v) is 1.49. The number of nitrogens with zero attached hydrogens (tertiary/aromatic N) is 2. The number of aliphatic hydroxyl groups is 1. The number of amides is 1. The maximum Gasteiger partial charge on any atom is 0.256 e. The highest BCUT2D eigenvalue weighted by molar-refractivity contribution is 5.94. The number of pyridine rings is 1. The normalized spacial score (nSPS) is 10.3. The Morgan fingerprint density at radius 3 is 2.88 bits per heavy atom. The molecule has 0 fully saturated rings. The minimum Gasteiger partial charge on any atom is -0.396 e. The number of hydrogen-bond donors (Lipinski definition) is 1. The Hall–Kier alpha value is -1.49. The molecule has 0 saturated heterocycles. The van der Waals surface area contributed by atoms with Crippen molar-refractivity contribution in [3.8, 4) is 0 Å². The molecule has 0 aliphatic rings. The summed E-state index contributed by atoms with van der Waals surface area (Å²) < 4.78 is 13.3. The standard InChI is InChI=1S/C12H17FN2O2/c1-15(7-3-2-4-8-16)12(17)10-5-6-14-9-11(10)13/h5-6,9,16H,2-4,7-8H2,1H3. The van der Waals surface area contributed by atoms with Gasteiger partial charge in [-0.25, -0.2) is 4.39 Å². The smallest absolute Gasteiger partial charge is 0.256 e. The quantitative estimate of drug-likeness (QED) is 0.766. The van der Waals surface area contributed by atoms with Gasteiger partial charge in [-0.15, -0.1) is 0 Å². The summed E-state index contributed by atoms with van der Waals surface area (Å²) in [5, 5.41) is 8.62.